The van der Waals surface area contributed by atoms with Gasteiger partial charge in [-0.15, -0.1) is 0 Å². The van der Waals surface area contributed by atoms with Crippen LogP contribution in [-0.4, -0.2) is 62.3 Å². The van der Waals surface area contributed by atoms with Gasteiger partial charge < -0.3 is 19.1 Å². The van der Waals surface area contributed by atoms with Crippen LogP contribution in [0, 0.1) is 0 Å². The average molecular weight is 347 g/mol. The van der Waals surface area contributed by atoms with Crippen molar-refractivity contribution in [2.45, 2.75) is 13.0 Å². The number of nitrogens with zero attached hydrogens (tertiary/aromatic N) is 1. The highest BCUT2D eigenvalue weighted by Crippen LogP contribution is 2.08. The maximum atomic E-state index is 12.0. The van der Waals surface area contributed by atoms with Gasteiger partial charge in [-0.1, -0.05) is 12.1 Å². The number of hydrogen-bond acceptors (Lipinski definition) is 6. The lowest BCUT2D eigenvalue weighted by Gasteiger charge is -2.30. The van der Waals surface area contributed by atoms with Crippen LogP contribution in [0.5, 0.6) is 0 Å². The highest BCUT2D eigenvalue weighted by Gasteiger charge is 2.21. The molecule has 0 saturated carbocycles. The summed E-state index contributed by atoms with van der Waals surface area (Å²) in [7, 11) is 1.31. The van der Waals surface area contributed by atoms with Crippen molar-refractivity contribution in [3.8, 4) is 0 Å². The molecule has 25 heavy (non-hydrogen) atoms. The fourth-order valence-corrected chi connectivity index (χ4v) is 2.33. The highest BCUT2D eigenvalue weighted by molar-refractivity contribution is 5.91. The predicted molar refractivity (Wildman–Crippen MR) is 89.8 cm³/mol. The van der Waals surface area contributed by atoms with E-state index in [0.29, 0.717) is 25.3 Å². The Morgan fingerprint density at radius 1 is 1.28 bits per heavy atom. The molecule has 0 aliphatic carbocycles. The number of amides is 1. The Kier molecular flexibility index (Phi) is 6.71. The number of carbonyl (C=O) groups excluding carboxylic acids is 3. The third-order valence-corrected chi connectivity index (χ3v) is 3.68. The van der Waals surface area contributed by atoms with E-state index in [4.69, 9.17) is 9.47 Å². The van der Waals surface area contributed by atoms with E-state index in [0.717, 1.165) is 5.56 Å². The van der Waals surface area contributed by atoms with Crippen LogP contribution < -0.4 is 0 Å². The van der Waals surface area contributed by atoms with Gasteiger partial charge in [-0.05, 0) is 30.7 Å². The van der Waals surface area contributed by atoms with E-state index in [-0.39, 0.29) is 18.6 Å². The fraction of sp³-hybridized carbons (Fsp3) is 0.389. The molecule has 0 bridgehead atoms. The number of rotatable bonds is 5. The molecule has 1 unspecified atom stereocenters. The summed E-state index contributed by atoms with van der Waals surface area (Å²) in [5.41, 5.74) is 1.14. The van der Waals surface area contributed by atoms with Crippen molar-refractivity contribution in [3.63, 3.8) is 0 Å². The summed E-state index contributed by atoms with van der Waals surface area (Å²) in [6.45, 7) is 3.08. The van der Waals surface area contributed by atoms with Crippen LogP contribution in [-0.2, 0) is 23.8 Å². The van der Waals surface area contributed by atoms with E-state index in [1.165, 1.54) is 13.2 Å². The van der Waals surface area contributed by atoms with Gasteiger partial charge in [-0.2, -0.15) is 0 Å². The zero-order valence-electron chi connectivity index (χ0n) is 14.3. The Morgan fingerprint density at radius 2 is 2.00 bits per heavy atom. The topological polar surface area (TPSA) is 82.1 Å². The number of hydrogen-bond donors (Lipinski definition) is 0. The fourth-order valence-electron chi connectivity index (χ4n) is 2.33. The summed E-state index contributed by atoms with van der Waals surface area (Å²) in [5, 5.41) is 0. The lowest BCUT2D eigenvalue weighted by molar-refractivity contribution is -0.151. The average Bonchev–Trinajstić information content (AvgIpc) is 2.64. The molecule has 0 spiro atoms. The highest BCUT2D eigenvalue weighted by atomic mass is 16.5. The molecule has 0 radical (unpaired) electrons. The number of carbonyl (C=O) groups is 3. The summed E-state index contributed by atoms with van der Waals surface area (Å²) in [6, 6.07) is 6.55. The van der Waals surface area contributed by atoms with Crippen LogP contribution in [0.1, 0.15) is 22.8 Å². The number of methoxy groups -OCH3 is 1. The van der Waals surface area contributed by atoms with E-state index in [1.54, 1.807) is 35.2 Å². The van der Waals surface area contributed by atoms with E-state index >= 15 is 0 Å². The van der Waals surface area contributed by atoms with Gasteiger partial charge in [0.15, 0.2) is 6.61 Å². The molecule has 7 heteroatoms. The van der Waals surface area contributed by atoms with Gasteiger partial charge in [0.1, 0.15) is 0 Å². The second-order valence-corrected chi connectivity index (χ2v) is 5.58. The first-order valence-corrected chi connectivity index (χ1v) is 7.92. The molecule has 2 rings (SSSR count). The molecule has 0 N–H and O–H groups in total. The predicted octanol–water partition coefficient (Wildman–Crippen LogP) is 1.28. The number of ether oxygens (including phenoxy) is 3. The monoisotopic (exact) mass is 347 g/mol. The quantitative estimate of drug-likeness (QED) is 0.589. The van der Waals surface area contributed by atoms with Gasteiger partial charge in [-0.25, -0.2) is 9.59 Å². The van der Waals surface area contributed by atoms with Crippen molar-refractivity contribution in [1.82, 2.24) is 4.90 Å². The Hall–Kier alpha value is -2.67. The second-order valence-electron chi connectivity index (χ2n) is 5.58. The Balaban J connectivity index is 1.80. The molecule has 0 aromatic heterocycles. The van der Waals surface area contributed by atoms with Gasteiger partial charge in [-0.3, -0.25) is 4.79 Å². The molecular weight excluding hydrogens is 326 g/mol. The van der Waals surface area contributed by atoms with Gasteiger partial charge in [0.05, 0.1) is 25.4 Å². The van der Waals surface area contributed by atoms with Crippen LogP contribution in [0.4, 0.5) is 0 Å². The first kappa shape index (κ1) is 18.7. The first-order valence-electron chi connectivity index (χ1n) is 7.92. The summed E-state index contributed by atoms with van der Waals surface area (Å²) in [6.07, 6.45) is 2.77. The SMILES string of the molecule is COC(=O)c1ccc(/C=C/C(=O)OCC(=O)N2CCOC(C)C2)cc1. The van der Waals surface area contributed by atoms with Crippen LogP contribution in [0.25, 0.3) is 6.08 Å². The largest absolute Gasteiger partial charge is 0.465 e. The van der Waals surface area contributed by atoms with Crippen molar-refractivity contribution in [1.29, 1.82) is 0 Å². The minimum absolute atomic E-state index is 0.0127. The zero-order valence-corrected chi connectivity index (χ0v) is 14.3. The summed E-state index contributed by atoms with van der Waals surface area (Å²) >= 11 is 0. The van der Waals surface area contributed by atoms with E-state index in [1.807, 2.05) is 6.92 Å². The first-order chi connectivity index (χ1) is 12.0. The Labute approximate surface area is 146 Å². The van der Waals surface area contributed by atoms with Crippen LogP contribution in [0.3, 0.4) is 0 Å². The molecule has 1 saturated heterocycles. The zero-order chi connectivity index (χ0) is 18.2. The van der Waals surface area contributed by atoms with Crippen molar-refractivity contribution in [3.05, 3.63) is 41.5 Å². The van der Waals surface area contributed by atoms with Gasteiger partial charge in [0, 0.05) is 19.2 Å². The maximum Gasteiger partial charge on any atom is 0.337 e. The maximum absolute atomic E-state index is 12.0. The molecule has 1 fully saturated rings. The summed E-state index contributed by atoms with van der Waals surface area (Å²) in [4.78, 5) is 36.6. The minimum atomic E-state index is -0.605. The third-order valence-electron chi connectivity index (χ3n) is 3.68. The molecule has 1 amide bonds. The molecular formula is C18H21NO6. The number of morpholine rings is 1. The third kappa shape index (κ3) is 5.72. The van der Waals surface area contributed by atoms with Crippen molar-refractivity contribution in [2.75, 3.05) is 33.4 Å². The normalized spacial score (nSPS) is 17.4. The lowest BCUT2D eigenvalue weighted by atomic mass is 10.1. The molecule has 1 aliphatic heterocycles. The lowest BCUT2D eigenvalue weighted by Crippen LogP contribution is -2.46. The van der Waals surface area contributed by atoms with Crippen LogP contribution >= 0.6 is 0 Å². The molecule has 134 valence electrons. The smallest absolute Gasteiger partial charge is 0.337 e. The van der Waals surface area contributed by atoms with E-state index in [2.05, 4.69) is 4.74 Å². The Morgan fingerprint density at radius 3 is 2.64 bits per heavy atom. The molecule has 7 nitrogen and oxygen atoms in total. The summed E-state index contributed by atoms with van der Waals surface area (Å²) < 4.78 is 14.9. The van der Waals surface area contributed by atoms with E-state index < -0.39 is 11.9 Å². The van der Waals surface area contributed by atoms with Crippen molar-refractivity contribution < 1.29 is 28.6 Å². The molecule has 1 heterocycles. The second kappa shape index (κ2) is 8.98. The molecule has 1 atom stereocenters. The summed E-state index contributed by atoms with van der Waals surface area (Å²) in [5.74, 6) is -1.27. The molecule has 1 aromatic carbocycles. The van der Waals surface area contributed by atoms with Crippen LogP contribution in [0.15, 0.2) is 30.3 Å². The van der Waals surface area contributed by atoms with Crippen LogP contribution in [0.2, 0.25) is 0 Å². The van der Waals surface area contributed by atoms with Gasteiger partial charge in [0.25, 0.3) is 5.91 Å². The molecule has 1 aliphatic rings. The van der Waals surface area contributed by atoms with Crippen molar-refractivity contribution in [2.24, 2.45) is 0 Å². The number of benzene rings is 1. The molecule has 1 aromatic rings. The Bertz CT molecular complexity index is 652. The van der Waals surface area contributed by atoms with E-state index in [9.17, 15) is 14.4 Å². The standard InChI is InChI=1S/C18H21NO6/c1-13-11-19(9-10-24-13)16(20)12-25-17(21)8-5-14-3-6-15(7-4-14)18(22)23-2/h3-8,13H,9-12H2,1-2H3/b8-5+. The minimum Gasteiger partial charge on any atom is -0.465 e. The van der Waals surface area contributed by atoms with Crippen molar-refractivity contribution >= 4 is 23.9 Å². The van der Waals surface area contributed by atoms with Gasteiger partial charge >= 0.3 is 11.9 Å². The van der Waals surface area contributed by atoms with Gasteiger partial charge in [0.2, 0.25) is 0 Å². The number of esters is 2.